The van der Waals surface area contributed by atoms with Gasteiger partial charge in [-0.15, -0.1) is 0 Å². The molecule has 120 valence electrons. The third kappa shape index (κ3) is 4.22. The molecule has 3 aromatic rings. The fraction of sp³-hybridized carbons (Fsp3) is 0. The maximum absolute atomic E-state index is 12.2. The Hall–Kier alpha value is -2.63. The number of carbonyl (C=O) groups excluding carboxylic acids is 1. The van der Waals surface area contributed by atoms with Crippen LogP contribution >= 0.6 is 23.2 Å². The molecule has 7 heteroatoms. The highest BCUT2D eigenvalue weighted by atomic mass is 35.5. The number of carbonyl (C=O) groups is 1. The number of halogens is 2. The molecule has 0 atom stereocenters. The van der Waals surface area contributed by atoms with E-state index in [1.54, 1.807) is 18.2 Å². The first-order valence-electron chi connectivity index (χ1n) is 7.02. The summed E-state index contributed by atoms with van der Waals surface area (Å²) in [5.41, 5.74) is 1.69. The molecule has 0 bridgehead atoms. The Kier molecular flexibility index (Phi) is 4.93. The number of nitrogens with zero attached hydrogens (tertiary/aromatic N) is 2. The minimum Gasteiger partial charge on any atom is -0.324 e. The summed E-state index contributed by atoms with van der Waals surface area (Å²) in [5.74, 6) is 0.0585. The van der Waals surface area contributed by atoms with E-state index in [0.717, 1.165) is 5.69 Å². The number of rotatable bonds is 4. The maximum atomic E-state index is 12.2. The molecule has 0 aliphatic heterocycles. The summed E-state index contributed by atoms with van der Waals surface area (Å²) in [6, 6.07) is 14.3. The van der Waals surface area contributed by atoms with E-state index in [0.29, 0.717) is 27.2 Å². The molecule has 5 nitrogen and oxygen atoms in total. The molecule has 24 heavy (non-hydrogen) atoms. The second kappa shape index (κ2) is 7.29. The second-order valence-corrected chi connectivity index (χ2v) is 5.77. The summed E-state index contributed by atoms with van der Waals surface area (Å²) >= 11 is 11.8. The average molecular weight is 359 g/mol. The number of amides is 1. The van der Waals surface area contributed by atoms with Crippen molar-refractivity contribution >= 4 is 46.4 Å². The van der Waals surface area contributed by atoms with Crippen LogP contribution in [-0.4, -0.2) is 15.9 Å². The van der Waals surface area contributed by atoms with Gasteiger partial charge in [0.1, 0.15) is 0 Å². The second-order valence-electron chi connectivity index (χ2n) is 4.90. The zero-order valence-electron chi connectivity index (χ0n) is 12.3. The molecule has 2 aromatic carbocycles. The fourth-order valence-corrected chi connectivity index (χ4v) is 2.52. The van der Waals surface area contributed by atoms with Crippen LogP contribution in [-0.2, 0) is 0 Å². The van der Waals surface area contributed by atoms with Gasteiger partial charge in [0.05, 0.1) is 5.56 Å². The summed E-state index contributed by atoms with van der Waals surface area (Å²) in [4.78, 5) is 20.5. The van der Waals surface area contributed by atoms with Crippen molar-refractivity contribution in [1.82, 2.24) is 9.97 Å². The lowest BCUT2D eigenvalue weighted by Crippen LogP contribution is -2.13. The van der Waals surface area contributed by atoms with Gasteiger partial charge in [-0.2, -0.15) is 0 Å². The van der Waals surface area contributed by atoms with Crippen molar-refractivity contribution in [1.29, 1.82) is 0 Å². The number of aromatic nitrogens is 2. The smallest absolute Gasteiger partial charge is 0.258 e. The molecule has 0 unspecified atom stereocenters. The van der Waals surface area contributed by atoms with Crippen molar-refractivity contribution in [3.63, 3.8) is 0 Å². The van der Waals surface area contributed by atoms with Crippen LogP contribution in [0.4, 0.5) is 17.3 Å². The molecule has 0 aliphatic carbocycles. The minimum atomic E-state index is -0.348. The number of hydrogen-bond acceptors (Lipinski definition) is 4. The van der Waals surface area contributed by atoms with Gasteiger partial charge in [0.15, 0.2) is 0 Å². The molecule has 2 N–H and O–H groups in total. The lowest BCUT2D eigenvalue weighted by atomic mass is 10.2. The molecule has 0 aliphatic rings. The molecule has 0 spiro atoms. The fourth-order valence-electron chi connectivity index (χ4n) is 1.99. The van der Waals surface area contributed by atoms with Crippen LogP contribution in [0.25, 0.3) is 0 Å². The van der Waals surface area contributed by atoms with Gasteiger partial charge >= 0.3 is 0 Å². The van der Waals surface area contributed by atoms with Gasteiger partial charge in [0, 0.05) is 33.8 Å². The lowest BCUT2D eigenvalue weighted by molar-refractivity contribution is 0.102. The van der Waals surface area contributed by atoms with E-state index in [1.165, 1.54) is 12.4 Å². The van der Waals surface area contributed by atoms with Crippen molar-refractivity contribution in [3.8, 4) is 0 Å². The third-order valence-electron chi connectivity index (χ3n) is 3.06. The number of benzene rings is 2. The zero-order valence-corrected chi connectivity index (χ0v) is 13.8. The SMILES string of the molecule is O=C(Nc1cc(Cl)cc(Cl)c1)c1cnc(Nc2ccccc2)nc1. The first-order valence-corrected chi connectivity index (χ1v) is 7.77. The van der Waals surface area contributed by atoms with Gasteiger partial charge < -0.3 is 10.6 Å². The first kappa shape index (κ1) is 16.2. The first-order chi connectivity index (χ1) is 11.6. The summed E-state index contributed by atoms with van der Waals surface area (Å²) in [6.07, 6.45) is 2.89. The van der Waals surface area contributed by atoms with Crippen LogP contribution in [0.15, 0.2) is 60.9 Å². The molecule has 1 heterocycles. The molecule has 0 saturated carbocycles. The normalized spacial score (nSPS) is 10.2. The van der Waals surface area contributed by atoms with Gasteiger partial charge in [-0.25, -0.2) is 9.97 Å². The average Bonchev–Trinajstić information content (AvgIpc) is 2.55. The molecule has 1 aromatic heterocycles. The Morgan fingerprint density at radius 3 is 2.12 bits per heavy atom. The Labute approximate surface area is 148 Å². The molecule has 0 radical (unpaired) electrons. The Bertz CT molecular complexity index is 834. The van der Waals surface area contributed by atoms with Crippen molar-refractivity contribution < 1.29 is 4.79 Å². The highest BCUT2D eigenvalue weighted by Crippen LogP contribution is 2.23. The van der Waals surface area contributed by atoms with Crippen molar-refractivity contribution in [2.45, 2.75) is 0 Å². The van der Waals surface area contributed by atoms with E-state index >= 15 is 0 Å². The third-order valence-corrected chi connectivity index (χ3v) is 3.50. The van der Waals surface area contributed by atoms with Crippen LogP contribution < -0.4 is 10.6 Å². The zero-order chi connectivity index (χ0) is 16.9. The van der Waals surface area contributed by atoms with Gasteiger partial charge in [-0.05, 0) is 30.3 Å². The van der Waals surface area contributed by atoms with Crippen molar-refractivity contribution in [2.75, 3.05) is 10.6 Å². The Morgan fingerprint density at radius 2 is 1.50 bits per heavy atom. The molecule has 3 rings (SSSR count). The van der Waals surface area contributed by atoms with Crippen molar-refractivity contribution in [3.05, 3.63) is 76.5 Å². The molecule has 1 amide bonds. The van der Waals surface area contributed by atoms with E-state index in [9.17, 15) is 4.79 Å². The summed E-state index contributed by atoms with van der Waals surface area (Å²) in [7, 11) is 0. The van der Waals surface area contributed by atoms with Gasteiger partial charge in [0.25, 0.3) is 5.91 Å². The summed E-state index contributed by atoms with van der Waals surface area (Å²) < 4.78 is 0. The summed E-state index contributed by atoms with van der Waals surface area (Å²) in [6.45, 7) is 0. The number of hydrogen-bond donors (Lipinski definition) is 2. The van der Waals surface area contributed by atoms with E-state index in [-0.39, 0.29) is 5.91 Å². The number of para-hydroxylation sites is 1. The predicted molar refractivity (Wildman–Crippen MR) is 96.2 cm³/mol. The van der Waals surface area contributed by atoms with E-state index in [1.807, 2.05) is 30.3 Å². The van der Waals surface area contributed by atoms with Crippen LogP contribution in [0, 0.1) is 0 Å². The summed E-state index contributed by atoms with van der Waals surface area (Å²) in [5, 5.41) is 6.63. The quantitative estimate of drug-likeness (QED) is 0.704. The Balaban J connectivity index is 1.69. The largest absolute Gasteiger partial charge is 0.324 e. The van der Waals surface area contributed by atoms with Crippen LogP contribution in [0.3, 0.4) is 0 Å². The van der Waals surface area contributed by atoms with Gasteiger partial charge in [0.2, 0.25) is 5.95 Å². The monoisotopic (exact) mass is 358 g/mol. The van der Waals surface area contributed by atoms with E-state index in [2.05, 4.69) is 20.6 Å². The number of nitrogens with one attached hydrogen (secondary N) is 2. The topological polar surface area (TPSA) is 66.9 Å². The van der Waals surface area contributed by atoms with Crippen molar-refractivity contribution in [2.24, 2.45) is 0 Å². The predicted octanol–water partition coefficient (Wildman–Crippen LogP) is 4.78. The molecular weight excluding hydrogens is 347 g/mol. The standard InChI is InChI=1S/C17H12Cl2N4O/c18-12-6-13(19)8-15(7-12)22-16(24)11-9-20-17(21-10-11)23-14-4-2-1-3-5-14/h1-10H,(H,22,24)(H,20,21,23). The van der Waals surface area contributed by atoms with Crippen LogP contribution in [0.5, 0.6) is 0 Å². The van der Waals surface area contributed by atoms with Crippen LogP contribution in [0.1, 0.15) is 10.4 Å². The van der Waals surface area contributed by atoms with Gasteiger partial charge in [-0.1, -0.05) is 41.4 Å². The van der Waals surface area contributed by atoms with Crippen LogP contribution in [0.2, 0.25) is 10.0 Å². The minimum absolute atomic E-state index is 0.324. The lowest BCUT2D eigenvalue weighted by Gasteiger charge is -2.07. The highest BCUT2D eigenvalue weighted by Gasteiger charge is 2.09. The molecule has 0 saturated heterocycles. The highest BCUT2D eigenvalue weighted by molar-refractivity contribution is 6.35. The maximum Gasteiger partial charge on any atom is 0.258 e. The molecular formula is C17H12Cl2N4O. The van der Waals surface area contributed by atoms with Gasteiger partial charge in [-0.3, -0.25) is 4.79 Å². The van der Waals surface area contributed by atoms with E-state index in [4.69, 9.17) is 23.2 Å². The molecule has 0 fully saturated rings. The Morgan fingerprint density at radius 1 is 0.875 bits per heavy atom. The van der Waals surface area contributed by atoms with E-state index < -0.39 is 0 Å². The number of anilines is 3.